The Kier molecular flexibility index (Phi) is 7.28. The van der Waals surface area contributed by atoms with E-state index in [1.165, 1.54) is 5.00 Å². The summed E-state index contributed by atoms with van der Waals surface area (Å²) in [5.74, 6) is 1.87. The summed E-state index contributed by atoms with van der Waals surface area (Å²) < 4.78 is 2.04. The predicted molar refractivity (Wildman–Crippen MR) is 109 cm³/mol. The first kappa shape index (κ1) is 19.0. The molecule has 9 heteroatoms. The van der Waals surface area contributed by atoms with Gasteiger partial charge in [-0.25, -0.2) is 0 Å². The predicted octanol–water partition coefficient (Wildman–Crippen LogP) is 1.88. The molecular formula is C15H24IN7S. The van der Waals surface area contributed by atoms with Gasteiger partial charge < -0.3 is 19.7 Å². The van der Waals surface area contributed by atoms with Crippen LogP contribution in [-0.4, -0.2) is 58.9 Å². The van der Waals surface area contributed by atoms with E-state index in [1.807, 2.05) is 11.6 Å². The number of hydrogen-bond donors (Lipinski definition) is 1. The van der Waals surface area contributed by atoms with E-state index in [0.717, 1.165) is 44.5 Å². The van der Waals surface area contributed by atoms with Gasteiger partial charge in [0.15, 0.2) is 11.8 Å². The van der Waals surface area contributed by atoms with Crippen LogP contribution in [0, 0.1) is 0 Å². The molecule has 0 atom stereocenters. The number of nitrogens with zero attached hydrogens (tertiary/aromatic N) is 6. The molecule has 24 heavy (non-hydrogen) atoms. The van der Waals surface area contributed by atoms with E-state index in [-0.39, 0.29) is 24.0 Å². The van der Waals surface area contributed by atoms with Crippen LogP contribution in [0.2, 0.25) is 0 Å². The lowest BCUT2D eigenvalue weighted by molar-refractivity contribution is 0.372. The molecule has 7 nitrogen and oxygen atoms in total. The first-order chi connectivity index (χ1) is 11.3. The minimum absolute atomic E-state index is 0. The van der Waals surface area contributed by atoms with Crippen molar-refractivity contribution in [2.24, 2.45) is 4.99 Å². The summed E-state index contributed by atoms with van der Waals surface area (Å²) in [4.78, 5) is 9.15. The van der Waals surface area contributed by atoms with E-state index in [9.17, 15) is 0 Å². The number of piperazine rings is 1. The monoisotopic (exact) mass is 461 g/mol. The van der Waals surface area contributed by atoms with Crippen LogP contribution in [0.3, 0.4) is 0 Å². The summed E-state index contributed by atoms with van der Waals surface area (Å²) >= 11 is 1.80. The first-order valence-corrected chi connectivity index (χ1v) is 8.80. The summed E-state index contributed by atoms with van der Waals surface area (Å²) in [5.41, 5.74) is 0. The lowest BCUT2D eigenvalue weighted by Crippen LogP contribution is -2.52. The zero-order chi connectivity index (χ0) is 16.1. The van der Waals surface area contributed by atoms with Gasteiger partial charge in [-0.1, -0.05) is 0 Å². The molecule has 0 aliphatic carbocycles. The van der Waals surface area contributed by atoms with Crippen LogP contribution in [0.1, 0.15) is 12.7 Å². The van der Waals surface area contributed by atoms with Crippen molar-refractivity contribution >= 4 is 46.3 Å². The van der Waals surface area contributed by atoms with Crippen LogP contribution in [0.25, 0.3) is 0 Å². The Morgan fingerprint density at radius 3 is 2.75 bits per heavy atom. The van der Waals surface area contributed by atoms with Gasteiger partial charge in [0.05, 0.1) is 11.5 Å². The highest BCUT2D eigenvalue weighted by molar-refractivity contribution is 14.0. The zero-order valence-corrected chi connectivity index (χ0v) is 17.2. The van der Waals surface area contributed by atoms with Crippen molar-refractivity contribution in [1.82, 2.24) is 25.0 Å². The maximum Gasteiger partial charge on any atom is 0.194 e. The van der Waals surface area contributed by atoms with Gasteiger partial charge in [-0.2, -0.15) is 0 Å². The normalized spacial score (nSPS) is 15.3. The van der Waals surface area contributed by atoms with Crippen molar-refractivity contribution in [3.05, 3.63) is 29.7 Å². The molecule has 1 aliphatic rings. The SMILES string of the molecule is CCn1cnnc1CNC(=NC)N1CCN(c2cccs2)CC1.I. The Hall–Kier alpha value is -1.36. The van der Waals surface area contributed by atoms with Gasteiger partial charge in [0.1, 0.15) is 6.33 Å². The second-order valence-electron chi connectivity index (χ2n) is 5.36. The fourth-order valence-electron chi connectivity index (χ4n) is 2.76. The third-order valence-corrected chi connectivity index (χ3v) is 4.98. The lowest BCUT2D eigenvalue weighted by Gasteiger charge is -2.36. The van der Waals surface area contributed by atoms with Gasteiger partial charge in [0, 0.05) is 39.8 Å². The van der Waals surface area contributed by atoms with Crippen LogP contribution in [0.4, 0.5) is 5.00 Å². The average molecular weight is 461 g/mol. The molecule has 3 heterocycles. The molecule has 3 rings (SSSR count). The van der Waals surface area contributed by atoms with Crippen LogP contribution >= 0.6 is 35.3 Å². The summed E-state index contributed by atoms with van der Waals surface area (Å²) in [7, 11) is 1.83. The van der Waals surface area contributed by atoms with E-state index in [0.29, 0.717) is 6.54 Å². The van der Waals surface area contributed by atoms with Gasteiger partial charge in [-0.05, 0) is 24.4 Å². The molecule has 0 saturated carbocycles. The van der Waals surface area contributed by atoms with Crippen molar-refractivity contribution in [2.75, 3.05) is 38.1 Å². The molecule has 0 aromatic carbocycles. The molecule has 0 radical (unpaired) electrons. The van der Waals surface area contributed by atoms with E-state index in [2.05, 4.69) is 54.7 Å². The highest BCUT2D eigenvalue weighted by Gasteiger charge is 2.20. The molecule has 1 saturated heterocycles. The number of aliphatic imine (C=N–C) groups is 1. The summed E-state index contributed by atoms with van der Waals surface area (Å²) in [6.07, 6.45) is 1.76. The number of rotatable bonds is 4. The van der Waals surface area contributed by atoms with Gasteiger partial charge in [0.25, 0.3) is 0 Å². The summed E-state index contributed by atoms with van der Waals surface area (Å²) in [5, 5.41) is 15.0. The van der Waals surface area contributed by atoms with Gasteiger partial charge in [-0.15, -0.1) is 45.5 Å². The maximum absolute atomic E-state index is 4.41. The molecule has 0 spiro atoms. The number of guanidine groups is 1. The maximum atomic E-state index is 4.41. The van der Waals surface area contributed by atoms with Crippen molar-refractivity contribution in [2.45, 2.75) is 20.0 Å². The Morgan fingerprint density at radius 1 is 1.33 bits per heavy atom. The highest BCUT2D eigenvalue weighted by atomic mass is 127. The van der Waals surface area contributed by atoms with Crippen molar-refractivity contribution in [3.8, 4) is 0 Å². The first-order valence-electron chi connectivity index (χ1n) is 7.92. The molecular weight excluding hydrogens is 437 g/mol. The van der Waals surface area contributed by atoms with E-state index >= 15 is 0 Å². The quantitative estimate of drug-likeness (QED) is 0.428. The number of anilines is 1. The van der Waals surface area contributed by atoms with Crippen LogP contribution in [-0.2, 0) is 13.1 Å². The lowest BCUT2D eigenvalue weighted by atomic mass is 10.3. The minimum atomic E-state index is 0. The Balaban J connectivity index is 0.00000208. The smallest absolute Gasteiger partial charge is 0.194 e. The van der Waals surface area contributed by atoms with Gasteiger partial charge in [-0.3, -0.25) is 4.99 Å². The molecule has 0 bridgehead atoms. The number of nitrogens with one attached hydrogen (secondary N) is 1. The van der Waals surface area contributed by atoms with Crippen molar-refractivity contribution in [1.29, 1.82) is 0 Å². The van der Waals surface area contributed by atoms with Crippen LogP contribution < -0.4 is 10.2 Å². The number of aromatic nitrogens is 3. The minimum Gasteiger partial charge on any atom is -0.360 e. The van der Waals surface area contributed by atoms with Crippen LogP contribution in [0.5, 0.6) is 0 Å². The fraction of sp³-hybridized carbons (Fsp3) is 0.533. The summed E-state index contributed by atoms with van der Waals surface area (Å²) in [6.45, 7) is 7.59. The number of hydrogen-bond acceptors (Lipinski definition) is 5. The molecule has 1 N–H and O–H groups in total. The number of halogens is 1. The molecule has 1 fully saturated rings. The van der Waals surface area contributed by atoms with Crippen LogP contribution in [0.15, 0.2) is 28.8 Å². The second kappa shape index (κ2) is 9.21. The summed E-state index contributed by atoms with van der Waals surface area (Å²) in [6, 6.07) is 4.29. The third kappa shape index (κ3) is 4.38. The fourth-order valence-corrected chi connectivity index (χ4v) is 3.54. The van der Waals surface area contributed by atoms with Gasteiger partial charge >= 0.3 is 0 Å². The molecule has 0 unspecified atom stereocenters. The van der Waals surface area contributed by atoms with Crippen molar-refractivity contribution < 1.29 is 0 Å². The number of thiophene rings is 1. The van der Waals surface area contributed by atoms with E-state index in [4.69, 9.17) is 0 Å². The molecule has 1 aliphatic heterocycles. The number of aryl methyl sites for hydroxylation is 1. The second-order valence-corrected chi connectivity index (χ2v) is 6.29. The average Bonchev–Trinajstić information content (AvgIpc) is 3.27. The van der Waals surface area contributed by atoms with E-state index in [1.54, 1.807) is 17.7 Å². The molecule has 0 amide bonds. The highest BCUT2D eigenvalue weighted by Crippen LogP contribution is 2.22. The Bertz CT molecular complexity index is 632. The van der Waals surface area contributed by atoms with Crippen molar-refractivity contribution in [3.63, 3.8) is 0 Å². The molecule has 2 aromatic rings. The largest absolute Gasteiger partial charge is 0.360 e. The molecule has 132 valence electrons. The van der Waals surface area contributed by atoms with Gasteiger partial charge in [0.2, 0.25) is 0 Å². The Morgan fingerprint density at radius 2 is 2.12 bits per heavy atom. The zero-order valence-electron chi connectivity index (χ0n) is 14.1. The van der Waals surface area contributed by atoms with E-state index < -0.39 is 0 Å². The topological polar surface area (TPSA) is 61.6 Å². The third-order valence-electron chi connectivity index (χ3n) is 4.05. The molecule has 2 aromatic heterocycles. The standard InChI is InChI=1S/C15H23N7S.HI/c1-3-20-12-18-19-13(20)11-17-15(16-2)22-8-6-21(7-9-22)14-5-4-10-23-14;/h4-5,10,12H,3,6-9,11H2,1-2H3,(H,16,17);1H. The Labute approximate surface area is 163 Å².